The average Bonchev–Trinajstić information content (AvgIpc) is 3.16. The number of fused-ring (bicyclic) bond motifs is 1. The number of aromatic nitrogens is 1. The van der Waals surface area contributed by atoms with E-state index in [9.17, 15) is 0 Å². The zero-order valence-electron chi connectivity index (χ0n) is 16.8. The molecule has 2 aromatic carbocycles. The Labute approximate surface area is 179 Å². The molecule has 1 fully saturated rings. The van der Waals surface area contributed by atoms with Gasteiger partial charge in [0.2, 0.25) is 5.75 Å². The summed E-state index contributed by atoms with van der Waals surface area (Å²) in [5.74, 6) is 2.05. The highest BCUT2D eigenvalue weighted by molar-refractivity contribution is 7.22. The second kappa shape index (κ2) is 8.65. The summed E-state index contributed by atoms with van der Waals surface area (Å²) in [5, 5.41) is 1.81. The number of piperazine rings is 1. The molecule has 0 atom stereocenters. The van der Waals surface area contributed by atoms with E-state index in [1.54, 1.807) is 32.7 Å². The molecule has 0 unspecified atom stereocenters. The summed E-state index contributed by atoms with van der Waals surface area (Å²) in [5.41, 5.74) is 2.10. The van der Waals surface area contributed by atoms with Crippen LogP contribution in [0, 0.1) is 0 Å². The van der Waals surface area contributed by atoms with Gasteiger partial charge < -0.3 is 19.1 Å². The minimum atomic E-state index is 0.638. The predicted octanol–water partition coefficient (Wildman–Crippen LogP) is 4.30. The summed E-state index contributed by atoms with van der Waals surface area (Å²) >= 11 is 7.81. The van der Waals surface area contributed by atoms with Crippen LogP contribution < -0.4 is 19.1 Å². The first-order chi connectivity index (χ1) is 14.1. The van der Waals surface area contributed by atoms with Crippen molar-refractivity contribution in [3.8, 4) is 17.2 Å². The molecule has 0 saturated carbocycles. The molecule has 2 heterocycles. The Hall–Kier alpha value is -2.22. The number of anilines is 1. The Morgan fingerprint density at radius 2 is 1.72 bits per heavy atom. The van der Waals surface area contributed by atoms with Crippen molar-refractivity contribution in [2.24, 2.45) is 0 Å². The lowest BCUT2D eigenvalue weighted by Gasteiger charge is -2.34. The number of nitrogens with zero attached hydrogens (tertiary/aromatic N) is 3. The number of methoxy groups -OCH3 is 3. The second-order valence-corrected chi connectivity index (χ2v) is 8.31. The lowest BCUT2D eigenvalue weighted by atomic mass is 10.1. The molecule has 29 heavy (non-hydrogen) atoms. The minimum absolute atomic E-state index is 0.638. The first-order valence-electron chi connectivity index (χ1n) is 9.44. The van der Waals surface area contributed by atoms with Gasteiger partial charge in [0.25, 0.3) is 0 Å². The van der Waals surface area contributed by atoms with Gasteiger partial charge in [-0.05, 0) is 24.3 Å². The van der Waals surface area contributed by atoms with Crippen molar-refractivity contribution < 1.29 is 14.2 Å². The van der Waals surface area contributed by atoms with Crippen LogP contribution in [0.4, 0.5) is 5.13 Å². The van der Waals surface area contributed by atoms with Crippen molar-refractivity contribution >= 4 is 38.3 Å². The summed E-state index contributed by atoms with van der Waals surface area (Å²) < 4.78 is 17.6. The van der Waals surface area contributed by atoms with Gasteiger partial charge in [0.15, 0.2) is 16.6 Å². The first kappa shape index (κ1) is 20.1. The summed E-state index contributed by atoms with van der Waals surface area (Å²) in [7, 11) is 4.93. The quantitative estimate of drug-likeness (QED) is 0.577. The van der Waals surface area contributed by atoms with Crippen molar-refractivity contribution in [1.82, 2.24) is 9.88 Å². The van der Waals surface area contributed by atoms with Gasteiger partial charge in [-0.3, -0.25) is 4.90 Å². The zero-order chi connectivity index (χ0) is 20.4. The van der Waals surface area contributed by atoms with E-state index in [0.717, 1.165) is 64.4 Å². The van der Waals surface area contributed by atoms with E-state index in [-0.39, 0.29) is 0 Å². The Morgan fingerprint density at radius 1 is 0.966 bits per heavy atom. The fourth-order valence-corrected chi connectivity index (χ4v) is 4.94. The largest absolute Gasteiger partial charge is 0.493 e. The van der Waals surface area contributed by atoms with Crippen LogP contribution in [0.25, 0.3) is 10.2 Å². The smallest absolute Gasteiger partial charge is 0.203 e. The lowest BCUT2D eigenvalue weighted by molar-refractivity contribution is 0.243. The minimum Gasteiger partial charge on any atom is -0.493 e. The van der Waals surface area contributed by atoms with E-state index in [4.69, 9.17) is 30.8 Å². The molecule has 1 saturated heterocycles. The van der Waals surface area contributed by atoms with Crippen molar-refractivity contribution in [3.63, 3.8) is 0 Å². The number of rotatable bonds is 6. The van der Waals surface area contributed by atoms with Gasteiger partial charge in [0, 0.05) is 43.3 Å². The number of hydrogen-bond acceptors (Lipinski definition) is 7. The molecule has 0 bridgehead atoms. The molecule has 1 aliphatic heterocycles. The van der Waals surface area contributed by atoms with Gasteiger partial charge in [-0.15, -0.1) is 0 Å². The van der Waals surface area contributed by atoms with E-state index in [1.807, 2.05) is 30.3 Å². The number of ether oxygens (including phenoxy) is 3. The van der Waals surface area contributed by atoms with Gasteiger partial charge in [-0.1, -0.05) is 29.0 Å². The van der Waals surface area contributed by atoms with Gasteiger partial charge in [-0.25, -0.2) is 4.98 Å². The van der Waals surface area contributed by atoms with Crippen molar-refractivity contribution in [2.45, 2.75) is 6.54 Å². The maximum absolute atomic E-state index is 6.11. The fraction of sp³-hybridized carbons (Fsp3) is 0.381. The third-order valence-electron chi connectivity index (χ3n) is 5.16. The number of halogens is 1. The van der Waals surface area contributed by atoms with E-state index in [1.165, 1.54) is 0 Å². The molecule has 4 rings (SSSR count). The molecule has 6 nitrogen and oxygen atoms in total. The highest BCUT2D eigenvalue weighted by atomic mass is 35.5. The van der Waals surface area contributed by atoms with Crippen LogP contribution in [-0.2, 0) is 6.54 Å². The molecule has 0 spiro atoms. The summed E-state index contributed by atoms with van der Waals surface area (Å²) in [6, 6.07) is 9.83. The van der Waals surface area contributed by atoms with Crippen LogP contribution in [0.2, 0.25) is 5.02 Å². The first-order valence-corrected chi connectivity index (χ1v) is 10.6. The maximum atomic E-state index is 6.11. The standard InChI is InChI=1S/C21H24ClN3O3S/c1-26-17-7-4-14(19(27-2)20(17)28-3)13-24-8-10-25(11-9-24)21-23-16-6-5-15(22)12-18(16)29-21/h4-7,12H,8-11,13H2,1-3H3. The van der Waals surface area contributed by atoms with Crippen molar-refractivity contribution in [2.75, 3.05) is 52.4 Å². The molecule has 0 radical (unpaired) electrons. The highest BCUT2D eigenvalue weighted by Gasteiger charge is 2.23. The maximum Gasteiger partial charge on any atom is 0.203 e. The number of hydrogen-bond donors (Lipinski definition) is 0. The molecule has 1 aliphatic rings. The van der Waals surface area contributed by atoms with Gasteiger partial charge in [0.05, 0.1) is 31.5 Å². The van der Waals surface area contributed by atoms with Crippen LogP contribution in [0.1, 0.15) is 5.56 Å². The summed E-state index contributed by atoms with van der Waals surface area (Å²) in [6.45, 7) is 4.57. The van der Waals surface area contributed by atoms with Crippen LogP contribution in [0.5, 0.6) is 17.2 Å². The molecular weight excluding hydrogens is 410 g/mol. The van der Waals surface area contributed by atoms with Gasteiger partial charge in [0.1, 0.15) is 0 Å². The van der Waals surface area contributed by atoms with Crippen LogP contribution in [0.15, 0.2) is 30.3 Å². The summed E-state index contributed by atoms with van der Waals surface area (Å²) in [6.07, 6.45) is 0. The van der Waals surface area contributed by atoms with E-state index >= 15 is 0 Å². The van der Waals surface area contributed by atoms with Crippen molar-refractivity contribution in [1.29, 1.82) is 0 Å². The lowest BCUT2D eigenvalue weighted by Crippen LogP contribution is -2.46. The molecule has 0 N–H and O–H groups in total. The third-order valence-corrected chi connectivity index (χ3v) is 6.48. The SMILES string of the molecule is COc1ccc(CN2CCN(c3nc4ccc(Cl)cc4s3)CC2)c(OC)c1OC. The van der Waals surface area contributed by atoms with Crippen molar-refractivity contribution in [3.05, 3.63) is 40.9 Å². The van der Waals surface area contributed by atoms with E-state index in [2.05, 4.69) is 9.80 Å². The molecule has 3 aromatic rings. The Balaban J connectivity index is 1.44. The van der Waals surface area contributed by atoms with Crippen LogP contribution in [-0.4, -0.2) is 57.4 Å². The van der Waals surface area contributed by atoms with E-state index < -0.39 is 0 Å². The molecule has 1 aromatic heterocycles. The summed E-state index contributed by atoms with van der Waals surface area (Å²) in [4.78, 5) is 9.54. The molecular formula is C21H24ClN3O3S. The normalized spacial score (nSPS) is 15.0. The fourth-order valence-electron chi connectivity index (χ4n) is 3.65. The third kappa shape index (κ3) is 4.08. The average molecular weight is 434 g/mol. The van der Waals surface area contributed by atoms with E-state index in [0.29, 0.717) is 11.5 Å². The van der Waals surface area contributed by atoms with Crippen LogP contribution in [0.3, 0.4) is 0 Å². The number of benzene rings is 2. The monoisotopic (exact) mass is 433 g/mol. The molecule has 8 heteroatoms. The van der Waals surface area contributed by atoms with Crippen LogP contribution >= 0.6 is 22.9 Å². The molecule has 0 amide bonds. The molecule has 0 aliphatic carbocycles. The second-order valence-electron chi connectivity index (χ2n) is 6.87. The zero-order valence-corrected chi connectivity index (χ0v) is 18.3. The Bertz CT molecular complexity index is 1000. The van der Waals surface area contributed by atoms with Gasteiger partial charge >= 0.3 is 0 Å². The topological polar surface area (TPSA) is 47.1 Å². The highest BCUT2D eigenvalue weighted by Crippen LogP contribution is 2.40. The number of thiazole rings is 1. The Kier molecular flexibility index (Phi) is 5.99. The van der Waals surface area contributed by atoms with Gasteiger partial charge in [-0.2, -0.15) is 0 Å². The Morgan fingerprint density at radius 3 is 2.41 bits per heavy atom. The predicted molar refractivity (Wildman–Crippen MR) is 118 cm³/mol. The molecule has 154 valence electrons.